The van der Waals surface area contributed by atoms with Crippen LogP contribution >= 0.6 is 0 Å². The molecular formula is C54H66Zr. The Morgan fingerprint density at radius 2 is 1.35 bits per heavy atom. The summed E-state index contributed by atoms with van der Waals surface area (Å²) < 4.78 is 1.42. The summed E-state index contributed by atoms with van der Waals surface area (Å²) >= 11 is 1.46. The van der Waals surface area contributed by atoms with Gasteiger partial charge in [-0.2, -0.15) is 34.4 Å². The molecule has 8 rings (SSSR count). The second-order valence-electron chi connectivity index (χ2n) is 19.8. The Labute approximate surface area is 350 Å². The molecule has 0 heterocycles. The summed E-state index contributed by atoms with van der Waals surface area (Å²) in [6.45, 7) is 33.4. The molecule has 4 aliphatic carbocycles. The molecule has 286 valence electrons. The van der Waals surface area contributed by atoms with E-state index in [1.54, 1.807) is 28.2 Å². The molecule has 0 aliphatic heterocycles. The predicted octanol–water partition coefficient (Wildman–Crippen LogP) is 14.4. The van der Waals surface area contributed by atoms with Crippen molar-refractivity contribution in [1.29, 1.82) is 0 Å². The molecular weight excluding hydrogens is 740 g/mol. The zero-order chi connectivity index (χ0) is 40.3. The molecule has 0 amide bonds. The monoisotopic (exact) mass is 804 g/mol. The molecule has 1 saturated carbocycles. The summed E-state index contributed by atoms with van der Waals surface area (Å²) in [5.41, 5.74) is 18.7. The summed E-state index contributed by atoms with van der Waals surface area (Å²) in [6.07, 6.45) is 8.50. The Balaban J connectivity index is 0.000000165. The van der Waals surface area contributed by atoms with Gasteiger partial charge in [-0.05, 0) is 40.6 Å². The van der Waals surface area contributed by atoms with Crippen molar-refractivity contribution in [2.24, 2.45) is 27.6 Å². The van der Waals surface area contributed by atoms with Gasteiger partial charge in [-0.15, -0.1) is 6.92 Å². The van der Waals surface area contributed by atoms with Gasteiger partial charge < -0.3 is 0 Å². The van der Waals surface area contributed by atoms with E-state index in [9.17, 15) is 0 Å². The third-order valence-corrected chi connectivity index (χ3v) is 16.7. The van der Waals surface area contributed by atoms with Crippen LogP contribution in [-0.2, 0) is 36.1 Å². The molecule has 1 fully saturated rings. The van der Waals surface area contributed by atoms with Crippen LogP contribution < -0.4 is 0 Å². The molecule has 0 bridgehead atoms. The van der Waals surface area contributed by atoms with Crippen LogP contribution in [0.3, 0.4) is 0 Å². The van der Waals surface area contributed by atoms with Crippen molar-refractivity contribution in [3.8, 4) is 0 Å². The predicted molar refractivity (Wildman–Crippen MR) is 235 cm³/mol. The third-order valence-electron chi connectivity index (χ3n) is 15.2. The van der Waals surface area contributed by atoms with Crippen LogP contribution in [-0.4, -0.2) is 3.21 Å². The van der Waals surface area contributed by atoms with Gasteiger partial charge in [-0.3, -0.25) is 0 Å². The zero-order valence-electron chi connectivity index (χ0n) is 36.5. The van der Waals surface area contributed by atoms with Crippen molar-refractivity contribution in [2.45, 2.75) is 122 Å². The normalized spacial score (nSPS) is 22.7. The number of rotatable bonds is 2. The van der Waals surface area contributed by atoms with Gasteiger partial charge in [-0.1, -0.05) is 147 Å². The molecule has 0 nitrogen and oxygen atoms in total. The van der Waals surface area contributed by atoms with Crippen molar-refractivity contribution < 1.29 is 24.2 Å². The molecule has 0 aromatic heterocycles. The number of fused-ring (bicyclic) bond motifs is 6. The first-order valence-electron chi connectivity index (χ1n) is 20.7. The van der Waals surface area contributed by atoms with Gasteiger partial charge in [0.25, 0.3) is 0 Å². The van der Waals surface area contributed by atoms with E-state index in [0.29, 0.717) is 11.3 Å². The van der Waals surface area contributed by atoms with Crippen molar-refractivity contribution in [2.75, 3.05) is 0 Å². The Morgan fingerprint density at radius 3 is 1.85 bits per heavy atom. The van der Waals surface area contributed by atoms with Crippen LogP contribution in [0.1, 0.15) is 134 Å². The number of hydrogen-bond donors (Lipinski definition) is 0. The Morgan fingerprint density at radius 1 is 0.782 bits per heavy atom. The van der Waals surface area contributed by atoms with Crippen LogP contribution in [0, 0.1) is 54.3 Å². The first-order chi connectivity index (χ1) is 25.6. The molecule has 0 radical (unpaired) electrons. The molecule has 2 unspecified atom stereocenters. The molecule has 1 heteroatoms. The number of benzene rings is 3. The average molecular weight is 806 g/mol. The first kappa shape index (κ1) is 41.5. The average Bonchev–Trinajstić information content (AvgIpc) is 3.76. The maximum absolute atomic E-state index is 2.62. The van der Waals surface area contributed by atoms with Crippen molar-refractivity contribution in [3.63, 3.8) is 0 Å². The van der Waals surface area contributed by atoms with E-state index in [4.69, 9.17) is 0 Å². The molecule has 2 atom stereocenters. The molecule has 0 spiro atoms. The van der Waals surface area contributed by atoms with Crippen LogP contribution in [0.4, 0.5) is 0 Å². The van der Waals surface area contributed by atoms with Gasteiger partial charge >= 0.3 is 112 Å². The summed E-state index contributed by atoms with van der Waals surface area (Å²) in [7, 11) is 0. The minimum absolute atomic E-state index is 0.164. The maximum atomic E-state index is 2.62. The number of hydrogen-bond acceptors (Lipinski definition) is 0. The Hall–Kier alpha value is -3.15. The minimum atomic E-state index is 0.164. The standard InChI is InChI=1S/C29H37.C15H14.C10H15.Zr/c1-18-25-22-17-19-13-9-10-14-20(19)24(22)21-15-11-12-16-23(21)29(25,8)28(6,7)27(4,5)26(18,2)3;1-12-3-7-14(8-4-12)11-15-9-5-13(2)6-10-15;1-8-5-6-9(7-8)10(2,3)4;/h9-11,13-15,23H,12,16-17H2,1-8H3;3-10H,1-2H3;5-7H,1-4H3;/q-1;;-1;+2. The van der Waals surface area contributed by atoms with Gasteiger partial charge in [0.2, 0.25) is 0 Å². The quantitative estimate of drug-likeness (QED) is 0.177. The second-order valence-corrected chi connectivity index (χ2v) is 21.0. The van der Waals surface area contributed by atoms with Gasteiger partial charge in [0.1, 0.15) is 0 Å². The molecule has 4 aromatic rings. The SMILES string of the molecule is C[C-]1C2=C3Cc4ccccc4C3=C3C=CCCC3C2(C)C(C)(C)C(C)(C)C1(C)C.Cc1cc(C(C)(C)C)c[cH-]1.Cc1ccc([C](=[Zr+2])c2ccc(C)cc2)cc1. The molecule has 4 aliphatic rings. The topological polar surface area (TPSA) is 0 Å². The van der Waals surface area contributed by atoms with Crippen LogP contribution in [0.5, 0.6) is 0 Å². The third kappa shape index (κ3) is 7.09. The van der Waals surface area contributed by atoms with Crippen LogP contribution in [0.25, 0.3) is 5.57 Å². The molecule has 0 saturated heterocycles. The molecule has 55 heavy (non-hydrogen) atoms. The molecule has 0 N–H and O–H groups in total. The fraction of sp³-hybridized carbons (Fsp3) is 0.426. The fourth-order valence-corrected chi connectivity index (χ4v) is 11.0. The fourth-order valence-electron chi connectivity index (χ4n) is 10.2. The van der Waals surface area contributed by atoms with Gasteiger partial charge in [0, 0.05) is 0 Å². The van der Waals surface area contributed by atoms with Gasteiger partial charge in [-0.25, -0.2) is 12.0 Å². The van der Waals surface area contributed by atoms with Gasteiger partial charge in [0.15, 0.2) is 0 Å². The van der Waals surface area contributed by atoms with E-state index < -0.39 is 0 Å². The van der Waals surface area contributed by atoms with E-state index in [2.05, 4.69) is 200 Å². The van der Waals surface area contributed by atoms with E-state index in [1.807, 2.05) is 0 Å². The summed E-state index contributed by atoms with van der Waals surface area (Å²) in [5, 5.41) is 0. The Kier molecular flexibility index (Phi) is 11.3. The van der Waals surface area contributed by atoms with Crippen LogP contribution in [0.15, 0.2) is 120 Å². The summed E-state index contributed by atoms with van der Waals surface area (Å²) in [4.78, 5) is 0. The number of aryl methyl sites for hydroxylation is 3. The van der Waals surface area contributed by atoms with E-state index in [0.717, 1.165) is 6.42 Å². The van der Waals surface area contributed by atoms with Crippen molar-refractivity contribution in [3.05, 3.63) is 170 Å². The van der Waals surface area contributed by atoms with Crippen LogP contribution in [0.2, 0.25) is 0 Å². The van der Waals surface area contributed by atoms with Crippen molar-refractivity contribution in [1.82, 2.24) is 0 Å². The Bertz CT molecular complexity index is 2100. The summed E-state index contributed by atoms with van der Waals surface area (Å²) in [6, 6.07) is 33.3. The second kappa shape index (κ2) is 15.0. The molecule has 4 aromatic carbocycles. The van der Waals surface area contributed by atoms with Gasteiger partial charge in [0.05, 0.1) is 0 Å². The van der Waals surface area contributed by atoms with E-state index in [1.165, 1.54) is 84.8 Å². The summed E-state index contributed by atoms with van der Waals surface area (Å²) in [5.74, 6) is 2.24. The first-order valence-corrected chi connectivity index (χ1v) is 21.9. The zero-order valence-corrected chi connectivity index (χ0v) is 39.0. The number of allylic oxidation sites excluding steroid dienone is 6. The van der Waals surface area contributed by atoms with E-state index in [-0.39, 0.29) is 21.7 Å². The van der Waals surface area contributed by atoms with E-state index >= 15 is 0 Å². The van der Waals surface area contributed by atoms with Crippen molar-refractivity contribution >= 4 is 8.78 Å².